The van der Waals surface area contributed by atoms with Gasteiger partial charge in [0.2, 0.25) is 0 Å². The van der Waals surface area contributed by atoms with Crippen LogP contribution >= 0.6 is 11.3 Å². The molecule has 24 heavy (non-hydrogen) atoms. The van der Waals surface area contributed by atoms with Crippen molar-refractivity contribution in [3.8, 4) is 5.75 Å². The van der Waals surface area contributed by atoms with Gasteiger partial charge in [0.05, 0.1) is 23.0 Å². The first-order valence-corrected chi connectivity index (χ1v) is 8.07. The summed E-state index contributed by atoms with van der Waals surface area (Å²) < 4.78 is 5.15. The van der Waals surface area contributed by atoms with Gasteiger partial charge in [-0.25, -0.2) is 0 Å². The minimum Gasteiger partial charge on any atom is -0.497 e. The van der Waals surface area contributed by atoms with E-state index in [4.69, 9.17) is 4.74 Å². The molecule has 0 fully saturated rings. The summed E-state index contributed by atoms with van der Waals surface area (Å²) in [5.41, 5.74) is 1.04. The quantitative estimate of drug-likeness (QED) is 0.614. The molecule has 1 heterocycles. The predicted molar refractivity (Wildman–Crippen MR) is 92.7 cm³/mol. The van der Waals surface area contributed by atoms with E-state index < -0.39 is 4.92 Å². The summed E-state index contributed by atoms with van der Waals surface area (Å²) in [6, 6.07) is 10.4. The third-order valence-corrected chi connectivity index (χ3v) is 4.61. The summed E-state index contributed by atoms with van der Waals surface area (Å²) in [4.78, 5) is 24.7. The maximum Gasteiger partial charge on any atom is 0.324 e. The van der Waals surface area contributed by atoms with Crippen molar-refractivity contribution in [2.24, 2.45) is 0 Å². The monoisotopic (exact) mass is 349 g/mol. The number of likely N-dealkylation sites (N-methyl/N-ethyl adjacent to an activating group) is 1. The summed E-state index contributed by atoms with van der Waals surface area (Å²) in [6.45, 7) is 0.393. The van der Waals surface area contributed by atoms with Crippen LogP contribution in [0, 0.1) is 10.1 Å². The standard InChI is InChI=1S/C16H19N3O4S/c1-18(2)13(11-4-6-12(23-3)7-5-11)10-17-16(20)14-8-9-15(24-14)19(21)22/h4-9,13H,10H2,1-3H3,(H,17,20)/t13-/m1/s1. The van der Waals surface area contributed by atoms with Crippen LogP contribution in [0.2, 0.25) is 0 Å². The molecule has 0 aliphatic rings. The van der Waals surface area contributed by atoms with Crippen LogP contribution in [0.5, 0.6) is 5.75 Å². The van der Waals surface area contributed by atoms with Gasteiger partial charge >= 0.3 is 5.00 Å². The number of amides is 1. The topological polar surface area (TPSA) is 84.7 Å². The molecule has 0 aliphatic carbocycles. The van der Waals surface area contributed by atoms with Gasteiger partial charge in [0.15, 0.2) is 0 Å². The average molecular weight is 349 g/mol. The van der Waals surface area contributed by atoms with Crippen LogP contribution in [0.25, 0.3) is 0 Å². The number of benzene rings is 1. The highest BCUT2D eigenvalue weighted by molar-refractivity contribution is 7.17. The highest BCUT2D eigenvalue weighted by Gasteiger charge is 2.18. The van der Waals surface area contributed by atoms with Crippen LogP contribution < -0.4 is 10.1 Å². The second kappa shape index (κ2) is 7.89. The van der Waals surface area contributed by atoms with Crippen molar-refractivity contribution >= 4 is 22.2 Å². The molecule has 0 saturated heterocycles. The Balaban J connectivity index is 2.04. The van der Waals surface area contributed by atoms with E-state index in [9.17, 15) is 14.9 Å². The lowest BCUT2D eigenvalue weighted by molar-refractivity contribution is -0.380. The molecule has 1 amide bonds. The lowest BCUT2D eigenvalue weighted by Gasteiger charge is -2.25. The number of nitrogens with zero attached hydrogens (tertiary/aromatic N) is 2. The van der Waals surface area contributed by atoms with Gasteiger partial charge in [-0.05, 0) is 37.9 Å². The van der Waals surface area contributed by atoms with Crippen molar-refractivity contribution in [2.75, 3.05) is 27.7 Å². The normalized spacial score (nSPS) is 12.0. The number of thiophene rings is 1. The molecule has 1 aromatic carbocycles. The molecule has 2 rings (SSSR count). The maximum atomic E-state index is 12.2. The van der Waals surface area contributed by atoms with Gasteiger partial charge in [-0.2, -0.15) is 0 Å². The SMILES string of the molecule is COc1ccc([C@@H](CNC(=O)c2ccc([N+](=O)[O-])s2)N(C)C)cc1. The number of ether oxygens (including phenoxy) is 1. The smallest absolute Gasteiger partial charge is 0.324 e. The van der Waals surface area contributed by atoms with Gasteiger partial charge in [-0.15, -0.1) is 0 Å². The summed E-state index contributed by atoms with van der Waals surface area (Å²) in [5, 5.41) is 13.5. The first-order chi connectivity index (χ1) is 11.4. The zero-order valence-electron chi connectivity index (χ0n) is 13.7. The fourth-order valence-electron chi connectivity index (χ4n) is 2.25. The molecule has 0 unspecified atom stereocenters. The van der Waals surface area contributed by atoms with Crippen molar-refractivity contribution in [2.45, 2.75) is 6.04 Å². The number of hydrogen-bond acceptors (Lipinski definition) is 6. The Morgan fingerprint density at radius 2 is 1.96 bits per heavy atom. The van der Waals surface area contributed by atoms with E-state index >= 15 is 0 Å². The zero-order chi connectivity index (χ0) is 17.7. The van der Waals surface area contributed by atoms with E-state index in [1.54, 1.807) is 7.11 Å². The Hall–Kier alpha value is -2.45. The Labute approximate surface area is 144 Å². The largest absolute Gasteiger partial charge is 0.497 e. The van der Waals surface area contributed by atoms with Gasteiger partial charge in [-0.1, -0.05) is 23.5 Å². The third kappa shape index (κ3) is 4.30. The van der Waals surface area contributed by atoms with Crippen LogP contribution in [0.4, 0.5) is 5.00 Å². The minimum atomic E-state index is -0.499. The number of nitro groups is 1. The van der Waals surface area contributed by atoms with E-state index in [-0.39, 0.29) is 17.0 Å². The van der Waals surface area contributed by atoms with Gasteiger partial charge in [0, 0.05) is 12.6 Å². The molecule has 1 N–H and O–H groups in total. The second-order valence-corrected chi connectivity index (χ2v) is 6.42. The van der Waals surface area contributed by atoms with Crippen LogP contribution in [0.1, 0.15) is 21.3 Å². The van der Waals surface area contributed by atoms with Crippen LogP contribution in [-0.2, 0) is 0 Å². The van der Waals surface area contributed by atoms with E-state index in [0.29, 0.717) is 11.4 Å². The minimum absolute atomic E-state index is 0.0187. The van der Waals surface area contributed by atoms with Crippen LogP contribution in [-0.4, -0.2) is 43.5 Å². The number of carbonyl (C=O) groups excluding carboxylic acids is 1. The lowest BCUT2D eigenvalue weighted by atomic mass is 10.1. The fraction of sp³-hybridized carbons (Fsp3) is 0.312. The molecule has 1 aromatic heterocycles. The number of nitrogens with one attached hydrogen (secondary N) is 1. The van der Waals surface area contributed by atoms with Gasteiger partial charge in [-0.3, -0.25) is 14.9 Å². The molecule has 2 aromatic rings. The predicted octanol–water partition coefficient (Wildman–Crippen LogP) is 2.70. The lowest BCUT2D eigenvalue weighted by Crippen LogP contribution is -2.34. The van der Waals surface area contributed by atoms with Crippen molar-refractivity contribution < 1.29 is 14.5 Å². The van der Waals surface area contributed by atoms with Crippen molar-refractivity contribution in [3.05, 3.63) is 57.0 Å². The molecule has 7 nitrogen and oxygen atoms in total. The molecular weight excluding hydrogens is 330 g/mol. The Morgan fingerprint density at radius 3 is 2.46 bits per heavy atom. The van der Waals surface area contributed by atoms with Gasteiger partial charge in [0.1, 0.15) is 5.75 Å². The molecule has 128 valence electrons. The Morgan fingerprint density at radius 1 is 1.29 bits per heavy atom. The third-order valence-electron chi connectivity index (χ3n) is 3.58. The first kappa shape index (κ1) is 17.9. The highest BCUT2D eigenvalue weighted by Crippen LogP contribution is 2.24. The molecule has 8 heteroatoms. The van der Waals surface area contributed by atoms with Crippen molar-refractivity contribution in [1.82, 2.24) is 10.2 Å². The number of methoxy groups -OCH3 is 1. The van der Waals surface area contributed by atoms with Gasteiger partial charge < -0.3 is 15.0 Å². The van der Waals surface area contributed by atoms with E-state index in [2.05, 4.69) is 5.32 Å². The van der Waals surface area contributed by atoms with E-state index in [1.807, 2.05) is 43.3 Å². The molecule has 0 bridgehead atoms. The van der Waals surface area contributed by atoms with E-state index in [1.165, 1.54) is 12.1 Å². The fourth-order valence-corrected chi connectivity index (χ4v) is 2.99. The number of rotatable bonds is 7. The molecule has 1 atom stereocenters. The zero-order valence-corrected chi connectivity index (χ0v) is 14.5. The summed E-state index contributed by atoms with van der Waals surface area (Å²) in [7, 11) is 5.47. The Bertz CT molecular complexity index is 712. The maximum absolute atomic E-state index is 12.2. The van der Waals surface area contributed by atoms with Crippen molar-refractivity contribution in [3.63, 3.8) is 0 Å². The molecule has 0 radical (unpaired) electrons. The van der Waals surface area contributed by atoms with Crippen LogP contribution in [0.3, 0.4) is 0 Å². The van der Waals surface area contributed by atoms with Crippen LogP contribution in [0.15, 0.2) is 36.4 Å². The highest BCUT2D eigenvalue weighted by atomic mass is 32.1. The average Bonchev–Trinajstić information content (AvgIpc) is 3.05. The van der Waals surface area contributed by atoms with Crippen molar-refractivity contribution in [1.29, 1.82) is 0 Å². The number of carbonyl (C=O) groups is 1. The molecule has 0 aliphatic heterocycles. The molecule has 0 saturated carbocycles. The summed E-state index contributed by atoms with van der Waals surface area (Å²) >= 11 is 0.869. The Kier molecular flexibility index (Phi) is 5.88. The second-order valence-electron chi connectivity index (χ2n) is 5.36. The molecule has 0 spiro atoms. The summed E-state index contributed by atoms with van der Waals surface area (Å²) in [6.07, 6.45) is 0. The van der Waals surface area contributed by atoms with E-state index in [0.717, 1.165) is 22.6 Å². The molecular formula is C16H19N3O4S. The first-order valence-electron chi connectivity index (χ1n) is 7.25. The van der Waals surface area contributed by atoms with Gasteiger partial charge in [0.25, 0.3) is 5.91 Å². The number of hydrogen-bond donors (Lipinski definition) is 1. The summed E-state index contributed by atoms with van der Waals surface area (Å²) in [5.74, 6) is 0.458.